The highest BCUT2D eigenvalue weighted by atomic mass is 16.5. The van der Waals surface area contributed by atoms with E-state index in [4.69, 9.17) is 4.74 Å². The summed E-state index contributed by atoms with van der Waals surface area (Å²) in [5.41, 5.74) is 0.665. The summed E-state index contributed by atoms with van der Waals surface area (Å²) < 4.78 is 5.72. The van der Waals surface area contributed by atoms with Crippen molar-refractivity contribution in [2.75, 3.05) is 13.2 Å². The number of hydrogen-bond donors (Lipinski definition) is 2. The van der Waals surface area contributed by atoms with E-state index in [0.29, 0.717) is 11.3 Å². The number of β-amino-alcohol motifs (C(OH)–C–C–N with tert-alkyl or cyclic N) is 1. The Labute approximate surface area is 194 Å². The highest BCUT2D eigenvalue weighted by Gasteiger charge is 2.49. The first-order chi connectivity index (χ1) is 15.6. The van der Waals surface area contributed by atoms with Crippen LogP contribution in [0.5, 0.6) is 5.75 Å². The zero-order valence-electron chi connectivity index (χ0n) is 19.5. The van der Waals surface area contributed by atoms with Gasteiger partial charge < -0.3 is 15.2 Å². The molecule has 0 radical (unpaired) electrons. The SMILES string of the molecule is CC(C)(C)c1ccc(C2(C)NC(=O)N(CC(O)COc3ccc4ccccc4c3)C2=O)cc1. The number of benzene rings is 3. The number of urea groups is 1. The molecule has 3 aromatic rings. The van der Waals surface area contributed by atoms with Crippen LogP contribution in [0.1, 0.15) is 38.8 Å². The number of carbonyl (C=O) groups is 2. The molecule has 1 saturated heterocycles. The lowest BCUT2D eigenvalue weighted by Gasteiger charge is -2.25. The second kappa shape index (κ2) is 8.52. The molecule has 0 aliphatic carbocycles. The van der Waals surface area contributed by atoms with E-state index in [1.165, 1.54) is 0 Å². The van der Waals surface area contributed by atoms with Gasteiger partial charge in [0.05, 0.1) is 6.54 Å². The number of ether oxygens (including phenoxy) is 1. The van der Waals surface area contributed by atoms with E-state index < -0.39 is 17.7 Å². The molecule has 1 aliphatic rings. The molecule has 2 N–H and O–H groups in total. The van der Waals surface area contributed by atoms with Crippen LogP contribution in [0.4, 0.5) is 4.79 Å². The Hall–Kier alpha value is -3.38. The van der Waals surface area contributed by atoms with Crippen molar-refractivity contribution in [3.63, 3.8) is 0 Å². The van der Waals surface area contributed by atoms with Gasteiger partial charge in [-0.25, -0.2) is 4.79 Å². The van der Waals surface area contributed by atoms with Gasteiger partial charge in [0.1, 0.15) is 24.0 Å². The molecule has 1 heterocycles. The minimum Gasteiger partial charge on any atom is -0.491 e. The molecular weight excluding hydrogens is 416 g/mol. The van der Waals surface area contributed by atoms with Gasteiger partial charge in [0.2, 0.25) is 0 Å². The summed E-state index contributed by atoms with van der Waals surface area (Å²) in [4.78, 5) is 26.8. The molecule has 1 fully saturated rings. The predicted molar refractivity (Wildman–Crippen MR) is 128 cm³/mol. The quantitative estimate of drug-likeness (QED) is 0.552. The van der Waals surface area contributed by atoms with E-state index in [9.17, 15) is 14.7 Å². The van der Waals surface area contributed by atoms with Crippen molar-refractivity contribution in [3.05, 3.63) is 77.9 Å². The van der Waals surface area contributed by atoms with Gasteiger partial charge in [0, 0.05) is 0 Å². The number of amides is 3. The van der Waals surface area contributed by atoms with E-state index in [2.05, 4.69) is 26.1 Å². The minimum absolute atomic E-state index is 0.0104. The highest BCUT2D eigenvalue weighted by Crippen LogP contribution is 2.31. The molecule has 0 saturated carbocycles. The topological polar surface area (TPSA) is 78.9 Å². The first-order valence-corrected chi connectivity index (χ1v) is 11.1. The standard InChI is InChI=1S/C27H30N2O4/c1-26(2,3)20-10-12-21(13-11-20)27(4)24(31)29(25(32)28-27)16-22(30)17-33-23-14-9-18-7-5-6-8-19(18)15-23/h5-15,22,30H,16-17H2,1-4H3,(H,28,32). The van der Waals surface area contributed by atoms with Crippen LogP contribution in [0, 0.1) is 0 Å². The normalized spacial score (nSPS) is 19.6. The van der Waals surface area contributed by atoms with Crippen molar-refractivity contribution in [1.29, 1.82) is 0 Å². The van der Waals surface area contributed by atoms with Gasteiger partial charge in [-0.3, -0.25) is 9.69 Å². The van der Waals surface area contributed by atoms with Crippen LogP contribution in [0.3, 0.4) is 0 Å². The molecule has 6 nitrogen and oxygen atoms in total. The van der Waals surface area contributed by atoms with Crippen molar-refractivity contribution in [3.8, 4) is 5.75 Å². The molecule has 3 aromatic carbocycles. The summed E-state index contributed by atoms with van der Waals surface area (Å²) in [5, 5.41) is 15.4. The molecule has 4 rings (SSSR count). The van der Waals surface area contributed by atoms with E-state index in [0.717, 1.165) is 21.2 Å². The largest absolute Gasteiger partial charge is 0.491 e. The third kappa shape index (κ3) is 4.57. The second-order valence-corrected chi connectivity index (χ2v) is 9.77. The number of aliphatic hydroxyl groups excluding tert-OH is 1. The monoisotopic (exact) mass is 446 g/mol. The third-order valence-electron chi connectivity index (χ3n) is 6.16. The fourth-order valence-electron chi connectivity index (χ4n) is 4.08. The Morgan fingerprint density at radius 2 is 1.67 bits per heavy atom. The zero-order chi connectivity index (χ0) is 23.8. The first-order valence-electron chi connectivity index (χ1n) is 11.1. The molecule has 2 atom stereocenters. The first kappa shape index (κ1) is 22.8. The highest BCUT2D eigenvalue weighted by molar-refractivity contribution is 6.07. The molecule has 172 valence electrons. The molecule has 1 aliphatic heterocycles. The number of nitrogens with one attached hydrogen (secondary N) is 1. The minimum atomic E-state index is -1.17. The zero-order valence-corrected chi connectivity index (χ0v) is 19.5. The molecule has 0 aromatic heterocycles. The fraction of sp³-hybridized carbons (Fsp3) is 0.333. The maximum Gasteiger partial charge on any atom is 0.325 e. The van der Waals surface area contributed by atoms with Gasteiger partial charge in [-0.05, 0) is 46.4 Å². The lowest BCUT2D eigenvalue weighted by atomic mass is 9.84. The molecule has 2 unspecified atom stereocenters. The van der Waals surface area contributed by atoms with Gasteiger partial charge in [0.15, 0.2) is 0 Å². The molecule has 3 amide bonds. The van der Waals surface area contributed by atoms with E-state index in [1.54, 1.807) is 6.92 Å². The van der Waals surface area contributed by atoms with Crippen molar-refractivity contribution in [2.24, 2.45) is 0 Å². The molecular formula is C27H30N2O4. The summed E-state index contributed by atoms with van der Waals surface area (Å²) in [5.74, 6) is 0.231. The Kier molecular flexibility index (Phi) is 5.89. The number of rotatable bonds is 6. The third-order valence-corrected chi connectivity index (χ3v) is 6.16. The summed E-state index contributed by atoms with van der Waals surface area (Å²) in [6, 6.07) is 20.8. The molecule has 33 heavy (non-hydrogen) atoms. The van der Waals surface area contributed by atoms with Crippen molar-refractivity contribution in [2.45, 2.75) is 44.8 Å². The number of aliphatic hydroxyl groups is 1. The van der Waals surface area contributed by atoms with Crippen molar-refractivity contribution >= 4 is 22.7 Å². The Morgan fingerprint density at radius 3 is 2.33 bits per heavy atom. The van der Waals surface area contributed by atoms with Crippen LogP contribution in [0.15, 0.2) is 66.7 Å². The maximum absolute atomic E-state index is 13.2. The summed E-state index contributed by atoms with van der Waals surface area (Å²) in [6.07, 6.45) is -1.02. The van der Waals surface area contributed by atoms with Crippen LogP contribution in [-0.2, 0) is 15.7 Å². The summed E-state index contributed by atoms with van der Waals surface area (Å²) in [7, 11) is 0. The second-order valence-electron chi connectivity index (χ2n) is 9.77. The summed E-state index contributed by atoms with van der Waals surface area (Å²) >= 11 is 0. The number of fused-ring (bicyclic) bond motifs is 1. The van der Waals surface area contributed by atoms with Crippen LogP contribution < -0.4 is 10.1 Å². The number of carbonyl (C=O) groups excluding carboxylic acids is 2. The Balaban J connectivity index is 1.41. The fourth-order valence-corrected chi connectivity index (χ4v) is 4.08. The smallest absolute Gasteiger partial charge is 0.325 e. The van der Waals surface area contributed by atoms with Gasteiger partial charge in [-0.1, -0.05) is 75.4 Å². The molecule has 0 spiro atoms. The van der Waals surface area contributed by atoms with Crippen LogP contribution in [0.25, 0.3) is 10.8 Å². The van der Waals surface area contributed by atoms with Gasteiger partial charge in [-0.2, -0.15) is 0 Å². The van der Waals surface area contributed by atoms with E-state index in [-0.39, 0.29) is 24.5 Å². The van der Waals surface area contributed by atoms with Gasteiger partial charge >= 0.3 is 6.03 Å². The average molecular weight is 447 g/mol. The van der Waals surface area contributed by atoms with Gasteiger partial charge in [-0.15, -0.1) is 0 Å². The van der Waals surface area contributed by atoms with Gasteiger partial charge in [0.25, 0.3) is 5.91 Å². The lowest BCUT2D eigenvalue weighted by molar-refractivity contribution is -0.132. The maximum atomic E-state index is 13.2. The summed E-state index contributed by atoms with van der Waals surface area (Å²) in [6.45, 7) is 7.87. The van der Waals surface area contributed by atoms with Crippen LogP contribution >= 0.6 is 0 Å². The Bertz CT molecular complexity index is 1180. The van der Waals surface area contributed by atoms with Crippen LogP contribution in [-0.4, -0.2) is 41.2 Å². The van der Waals surface area contributed by atoms with Crippen molar-refractivity contribution < 1.29 is 19.4 Å². The molecule has 0 bridgehead atoms. The molecule has 6 heteroatoms. The van der Waals surface area contributed by atoms with Crippen molar-refractivity contribution in [1.82, 2.24) is 10.2 Å². The Morgan fingerprint density at radius 1 is 1.00 bits per heavy atom. The average Bonchev–Trinajstić information content (AvgIpc) is 3.01. The predicted octanol–water partition coefficient (Wildman–Crippen LogP) is 4.34. The number of imide groups is 1. The lowest BCUT2D eigenvalue weighted by Crippen LogP contribution is -2.42. The van der Waals surface area contributed by atoms with E-state index in [1.807, 2.05) is 66.7 Å². The van der Waals surface area contributed by atoms with Crippen LogP contribution in [0.2, 0.25) is 0 Å². The number of hydrogen-bond acceptors (Lipinski definition) is 4. The van der Waals surface area contributed by atoms with E-state index >= 15 is 0 Å². The number of nitrogens with zero attached hydrogens (tertiary/aromatic N) is 1.